The van der Waals surface area contributed by atoms with Gasteiger partial charge in [-0.2, -0.15) is 0 Å². The van der Waals surface area contributed by atoms with Gasteiger partial charge in [0.05, 0.1) is 5.02 Å². The highest BCUT2D eigenvalue weighted by atomic mass is 35.5. The topological polar surface area (TPSA) is 56.7 Å². The molecule has 4 nitrogen and oxygen atoms in total. The van der Waals surface area contributed by atoms with E-state index in [1.54, 1.807) is 6.20 Å². The molecule has 5 heteroatoms. The van der Waals surface area contributed by atoms with Crippen molar-refractivity contribution in [3.63, 3.8) is 0 Å². The number of fused-ring (bicyclic) bond motifs is 1. The fourth-order valence-corrected chi connectivity index (χ4v) is 1.86. The van der Waals surface area contributed by atoms with Crippen molar-refractivity contribution < 1.29 is 0 Å². The number of aryl methyl sites for hydroxylation is 1. The Morgan fingerprint density at radius 2 is 2.33 bits per heavy atom. The van der Waals surface area contributed by atoms with Gasteiger partial charge in [-0.3, -0.25) is 0 Å². The van der Waals surface area contributed by atoms with Crippen LogP contribution in [0.4, 0.5) is 0 Å². The number of hydrogen-bond donors (Lipinski definition) is 1. The number of pyridine rings is 1. The third kappa shape index (κ3) is 1.70. The normalized spacial score (nSPS) is 13.3. The van der Waals surface area contributed by atoms with E-state index < -0.39 is 0 Å². The molecule has 0 aliphatic carbocycles. The molecule has 0 radical (unpaired) electrons. The van der Waals surface area contributed by atoms with Gasteiger partial charge in [-0.1, -0.05) is 11.6 Å². The van der Waals surface area contributed by atoms with Gasteiger partial charge in [-0.15, -0.1) is 0 Å². The molecule has 0 aliphatic heterocycles. The summed E-state index contributed by atoms with van der Waals surface area (Å²) in [5, 5.41) is 0.604. The Bertz CT molecular complexity index is 491. The predicted octanol–water partition coefficient (Wildman–Crippen LogP) is 1.91. The molecule has 0 amide bonds. The molecule has 0 aromatic carbocycles. The van der Waals surface area contributed by atoms with E-state index in [1.807, 2.05) is 24.5 Å². The molecule has 0 spiro atoms. The number of halogens is 1. The molecule has 80 valence electrons. The molecule has 0 saturated heterocycles. The highest BCUT2D eigenvalue weighted by Gasteiger charge is 2.13. The highest BCUT2D eigenvalue weighted by Crippen LogP contribution is 2.20. The third-order valence-electron chi connectivity index (χ3n) is 2.45. The van der Waals surface area contributed by atoms with Gasteiger partial charge < -0.3 is 10.3 Å². The summed E-state index contributed by atoms with van der Waals surface area (Å²) in [5.41, 5.74) is 7.31. The first-order valence-corrected chi connectivity index (χ1v) is 5.21. The first-order valence-electron chi connectivity index (χ1n) is 4.83. The summed E-state index contributed by atoms with van der Waals surface area (Å²) >= 11 is 5.86. The van der Waals surface area contributed by atoms with Crippen molar-refractivity contribution >= 4 is 22.8 Å². The Morgan fingerprint density at radius 3 is 3.00 bits per heavy atom. The van der Waals surface area contributed by atoms with Crippen LogP contribution in [0.3, 0.4) is 0 Å². The lowest BCUT2D eigenvalue weighted by atomic mass is 10.3. The summed E-state index contributed by atoms with van der Waals surface area (Å²) in [4.78, 5) is 8.69. The zero-order chi connectivity index (χ0) is 11.0. The lowest BCUT2D eigenvalue weighted by Crippen LogP contribution is -2.17. The summed E-state index contributed by atoms with van der Waals surface area (Å²) in [6.07, 6.45) is 1.63. The first-order chi connectivity index (χ1) is 7.13. The van der Waals surface area contributed by atoms with Gasteiger partial charge in [-0.05, 0) is 19.9 Å². The van der Waals surface area contributed by atoms with E-state index in [9.17, 15) is 0 Å². The molecule has 15 heavy (non-hydrogen) atoms. The second-order valence-electron chi connectivity index (χ2n) is 3.61. The molecule has 2 aromatic heterocycles. The van der Waals surface area contributed by atoms with Crippen LogP contribution in [0.15, 0.2) is 12.3 Å². The fraction of sp³-hybridized carbons (Fsp3) is 0.400. The van der Waals surface area contributed by atoms with Crippen LogP contribution in [0.5, 0.6) is 0 Å². The van der Waals surface area contributed by atoms with Crippen molar-refractivity contribution in [1.82, 2.24) is 14.5 Å². The van der Waals surface area contributed by atoms with Crippen LogP contribution in [0.2, 0.25) is 5.02 Å². The number of nitrogens with zero attached hydrogens (tertiary/aromatic N) is 3. The van der Waals surface area contributed by atoms with Crippen LogP contribution in [0.1, 0.15) is 18.8 Å². The van der Waals surface area contributed by atoms with E-state index in [2.05, 4.69) is 9.97 Å². The molecule has 0 bridgehead atoms. The second-order valence-corrected chi connectivity index (χ2v) is 4.05. The van der Waals surface area contributed by atoms with Crippen molar-refractivity contribution in [3.8, 4) is 0 Å². The van der Waals surface area contributed by atoms with E-state index >= 15 is 0 Å². The van der Waals surface area contributed by atoms with Crippen LogP contribution in [0, 0.1) is 6.92 Å². The van der Waals surface area contributed by atoms with E-state index in [0.717, 1.165) is 17.0 Å². The van der Waals surface area contributed by atoms with Gasteiger partial charge in [0.2, 0.25) is 0 Å². The second kappa shape index (κ2) is 3.79. The number of imidazole rings is 1. The SMILES string of the molecule is Cc1nc2cc(Cl)cnc2n1C(C)CN. The maximum atomic E-state index is 5.86. The van der Waals surface area contributed by atoms with Gasteiger partial charge in [-0.25, -0.2) is 9.97 Å². The van der Waals surface area contributed by atoms with Gasteiger partial charge in [0.15, 0.2) is 5.65 Å². The number of aromatic nitrogens is 3. The van der Waals surface area contributed by atoms with Crippen LogP contribution in [-0.2, 0) is 0 Å². The molecule has 1 unspecified atom stereocenters. The van der Waals surface area contributed by atoms with Crippen molar-refractivity contribution in [2.75, 3.05) is 6.54 Å². The predicted molar refractivity (Wildman–Crippen MR) is 61.0 cm³/mol. The average molecular weight is 225 g/mol. The standard InChI is InChI=1S/C10H13ClN4/c1-6(4-12)15-7(2)14-9-3-8(11)5-13-10(9)15/h3,5-6H,4,12H2,1-2H3. The zero-order valence-electron chi connectivity index (χ0n) is 8.74. The number of nitrogens with two attached hydrogens (primary N) is 1. The largest absolute Gasteiger partial charge is 0.328 e. The Hall–Kier alpha value is -1.13. The molecule has 2 N–H and O–H groups in total. The van der Waals surface area contributed by atoms with Gasteiger partial charge in [0.25, 0.3) is 0 Å². The highest BCUT2D eigenvalue weighted by molar-refractivity contribution is 6.31. The zero-order valence-corrected chi connectivity index (χ0v) is 9.49. The molecular weight excluding hydrogens is 212 g/mol. The van der Waals surface area contributed by atoms with Crippen LogP contribution in [-0.4, -0.2) is 21.1 Å². The summed E-state index contributed by atoms with van der Waals surface area (Å²) < 4.78 is 2.03. The van der Waals surface area contributed by atoms with Gasteiger partial charge >= 0.3 is 0 Å². The summed E-state index contributed by atoms with van der Waals surface area (Å²) in [7, 11) is 0. The molecule has 2 rings (SSSR count). The van der Waals surface area contributed by atoms with Crippen LogP contribution in [0.25, 0.3) is 11.2 Å². The quantitative estimate of drug-likeness (QED) is 0.848. The molecule has 2 heterocycles. The summed E-state index contributed by atoms with van der Waals surface area (Å²) in [6.45, 7) is 4.56. The molecular formula is C10H13ClN4. The van der Waals surface area contributed by atoms with Crippen molar-refractivity contribution in [1.29, 1.82) is 0 Å². The molecule has 2 aromatic rings. The summed E-state index contributed by atoms with van der Waals surface area (Å²) in [5.74, 6) is 0.915. The minimum atomic E-state index is 0.198. The van der Waals surface area contributed by atoms with Gasteiger partial charge in [0.1, 0.15) is 11.3 Å². The molecule has 0 saturated carbocycles. The Kier molecular flexibility index (Phi) is 2.63. The fourth-order valence-electron chi connectivity index (χ4n) is 1.70. The molecule has 0 fully saturated rings. The van der Waals surface area contributed by atoms with Crippen molar-refractivity contribution in [3.05, 3.63) is 23.1 Å². The van der Waals surface area contributed by atoms with E-state index in [1.165, 1.54) is 0 Å². The van der Waals surface area contributed by atoms with E-state index in [-0.39, 0.29) is 6.04 Å². The first kappa shape index (κ1) is 10.4. The lowest BCUT2D eigenvalue weighted by Gasteiger charge is -2.12. The lowest BCUT2D eigenvalue weighted by molar-refractivity contribution is 0.555. The van der Waals surface area contributed by atoms with Crippen LogP contribution >= 0.6 is 11.6 Å². The van der Waals surface area contributed by atoms with Gasteiger partial charge in [0, 0.05) is 18.8 Å². The number of hydrogen-bond acceptors (Lipinski definition) is 3. The Morgan fingerprint density at radius 1 is 1.60 bits per heavy atom. The molecule has 0 aliphatic rings. The average Bonchev–Trinajstić information content (AvgIpc) is 2.52. The monoisotopic (exact) mass is 224 g/mol. The third-order valence-corrected chi connectivity index (χ3v) is 2.66. The molecule has 1 atom stereocenters. The Labute approximate surface area is 93.1 Å². The number of rotatable bonds is 2. The minimum Gasteiger partial charge on any atom is -0.328 e. The van der Waals surface area contributed by atoms with Crippen molar-refractivity contribution in [2.45, 2.75) is 19.9 Å². The van der Waals surface area contributed by atoms with E-state index in [4.69, 9.17) is 17.3 Å². The maximum Gasteiger partial charge on any atom is 0.160 e. The Balaban J connectivity index is 2.68. The minimum absolute atomic E-state index is 0.198. The van der Waals surface area contributed by atoms with Crippen molar-refractivity contribution in [2.24, 2.45) is 5.73 Å². The smallest absolute Gasteiger partial charge is 0.160 e. The maximum absolute atomic E-state index is 5.86. The van der Waals surface area contributed by atoms with E-state index in [0.29, 0.717) is 11.6 Å². The van der Waals surface area contributed by atoms with Crippen LogP contribution < -0.4 is 5.73 Å². The summed E-state index contributed by atoms with van der Waals surface area (Å²) in [6, 6.07) is 2.01.